The van der Waals surface area contributed by atoms with Crippen LogP contribution in [0, 0.1) is 30.6 Å². The molecule has 6 heteroatoms. The Labute approximate surface area is 169 Å². The van der Waals surface area contributed by atoms with E-state index in [9.17, 15) is 29.1 Å². The first-order chi connectivity index (χ1) is 13.6. The Morgan fingerprint density at radius 3 is 2.38 bits per heavy atom. The first kappa shape index (κ1) is 21.1. The van der Waals surface area contributed by atoms with Gasteiger partial charge in [0.1, 0.15) is 11.5 Å². The zero-order valence-electron chi connectivity index (χ0n) is 17.2. The summed E-state index contributed by atoms with van der Waals surface area (Å²) in [6.45, 7) is 6.22. The van der Waals surface area contributed by atoms with Gasteiger partial charge in [-0.1, -0.05) is 13.3 Å². The lowest BCUT2D eigenvalue weighted by Crippen LogP contribution is -2.50. The van der Waals surface area contributed by atoms with Gasteiger partial charge in [-0.3, -0.25) is 24.0 Å². The van der Waals surface area contributed by atoms with Gasteiger partial charge in [-0.2, -0.15) is 0 Å². The molecule has 2 aliphatic rings. The second-order valence-electron chi connectivity index (χ2n) is 8.43. The number of Topliss-reactive ketones (excluding diaryl/α,β-unsaturated/α-hetero) is 5. The lowest BCUT2D eigenvalue weighted by molar-refractivity contribution is -0.142. The van der Waals surface area contributed by atoms with E-state index in [0.717, 1.165) is 0 Å². The van der Waals surface area contributed by atoms with E-state index in [1.807, 2.05) is 6.92 Å². The SMILES string of the molecule is CCC1CC2Cc3c(C(C)=O)cc(C)c(O)c3C(=O)C2C(=O)C1C(=O)CC(C)=O. The van der Waals surface area contributed by atoms with Crippen LogP contribution in [0.4, 0.5) is 0 Å². The molecule has 1 aromatic carbocycles. The molecular weight excluding hydrogens is 372 g/mol. The summed E-state index contributed by atoms with van der Waals surface area (Å²) in [5.41, 5.74) is 1.34. The molecule has 0 amide bonds. The van der Waals surface area contributed by atoms with E-state index in [0.29, 0.717) is 36.0 Å². The normalized spacial score (nSPS) is 25.9. The van der Waals surface area contributed by atoms with Crippen LogP contribution >= 0.6 is 0 Å². The molecule has 2 aliphatic carbocycles. The fourth-order valence-electron chi connectivity index (χ4n) is 5.10. The molecule has 3 rings (SSSR count). The van der Waals surface area contributed by atoms with Crippen molar-refractivity contribution in [3.8, 4) is 5.75 Å². The predicted molar refractivity (Wildman–Crippen MR) is 105 cm³/mol. The van der Waals surface area contributed by atoms with Crippen LogP contribution in [0.3, 0.4) is 0 Å². The van der Waals surface area contributed by atoms with Crippen LogP contribution in [0.2, 0.25) is 0 Å². The van der Waals surface area contributed by atoms with E-state index >= 15 is 0 Å². The van der Waals surface area contributed by atoms with Crippen molar-refractivity contribution < 1.29 is 29.1 Å². The first-order valence-corrected chi connectivity index (χ1v) is 10.0. The third-order valence-electron chi connectivity index (χ3n) is 6.43. The van der Waals surface area contributed by atoms with Crippen LogP contribution < -0.4 is 0 Å². The molecule has 1 aromatic rings. The maximum absolute atomic E-state index is 13.3. The van der Waals surface area contributed by atoms with E-state index in [1.165, 1.54) is 13.8 Å². The second-order valence-corrected chi connectivity index (χ2v) is 8.43. The van der Waals surface area contributed by atoms with Gasteiger partial charge >= 0.3 is 0 Å². The molecule has 29 heavy (non-hydrogen) atoms. The van der Waals surface area contributed by atoms with E-state index in [1.54, 1.807) is 13.0 Å². The fraction of sp³-hybridized carbons (Fsp3) is 0.522. The third-order valence-corrected chi connectivity index (χ3v) is 6.43. The summed E-state index contributed by atoms with van der Waals surface area (Å²) in [5, 5.41) is 10.5. The topological polar surface area (TPSA) is 106 Å². The molecule has 4 unspecified atom stereocenters. The number of hydrogen-bond donors (Lipinski definition) is 1. The molecule has 1 fully saturated rings. The third kappa shape index (κ3) is 3.45. The van der Waals surface area contributed by atoms with Crippen molar-refractivity contribution in [2.45, 2.75) is 53.4 Å². The second kappa shape index (κ2) is 7.65. The van der Waals surface area contributed by atoms with Gasteiger partial charge in [0.25, 0.3) is 0 Å². The first-order valence-electron chi connectivity index (χ1n) is 10.0. The maximum Gasteiger partial charge on any atom is 0.177 e. The van der Waals surface area contributed by atoms with Crippen molar-refractivity contribution in [3.63, 3.8) is 0 Å². The molecule has 0 heterocycles. The van der Waals surface area contributed by atoms with Gasteiger partial charge in [0.15, 0.2) is 23.1 Å². The van der Waals surface area contributed by atoms with Crippen molar-refractivity contribution in [1.29, 1.82) is 0 Å². The molecule has 0 spiro atoms. The van der Waals surface area contributed by atoms with Crippen LogP contribution in [0.1, 0.15) is 71.9 Å². The van der Waals surface area contributed by atoms with Crippen molar-refractivity contribution >= 4 is 28.9 Å². The molecular formula is C23H26O6. The van der Waals surface area contributed by atoms with Gasteiger partial charge in [0, 0.05) is 5.56 Å². The molecule has 0 aromatic heterocycles. The Morgan fingerprint density at radius 2 is 1.83 bits per heavy atom. The molecule has 154 valence electrons. The standard InChI is InChI=1S/C23H26O6/c1-5-13-8-14-9-16-15(12(4)25)6-10(2)21(27)20(16)23(29)19(14)22(28)18(13)17(26)7-11(3)24/h6,13-14,18-19,27H,5,7-9H2,1-4H3. The number of aromatic hydroxyl groups is 1. The highest BCUT2D eigenvalue weighted by Gasteiger charge is 2.52. The van der Waals surface area contributed by atoms with E-state index in [2.05, 4.69) is 0 Å². The quantitative estimate of drug-likeness (QED) is 0.604. The van der Waals surface area contributed by atoms with Gasteiger partial charge in [0.2, 0.25) is 0 Å². The highest BCUT2D eigenvalue weighted by Crippen LogP contribution is 2.47. The largest absolute Gasteiger partial charge is 0.507 e. The lowest BCUT2D eigenvalue weighted by atomic mass is 9.59. The highest BCUT2D eigenvalue weighted by molar-refractivity contribution is 6.21. The van der Waals surface area contributed by atoms with Crippen LogP contribution in [0.5, 0.6) is 5.75 Å². The van der Waals surface area contributed by atoms with Gasteiger partial charge < -0.3 is 5.11 Å². The van der Waals surface area contributed by atoms with Gasteiger partial charge in [-0.25, -0.2) is 0 Å². The summed E-state index contributed by atoms with van der Waals surface area (Å²) in [6.07, 6.45) is 1.11. The Bertz CT molecular complexity index is 941. The minimum atomic E-state index is -1.02. The summed E-state index contributed by atoms with van der Waals surface area (Å²) in [5.74, 6) is -4.61. The number of phenolic OH excluding ortho intramolecular Hbond substituents is 1. The Kier molecular flexibility index (Phi) is 5.57. The minimum Gasteiger partial charge on any atom is -0.507 e. The summed E-state index contributed by atoms with van der Waals surface area (Å²) in [6, 6.07) is 1.59. The van der Waals surface area contributed by atoms with Crippen molar-refractivity contribution in [2.75, 3.05) is 0 Å². The molecule has 0 saturated heterocycles. The van der Waals surface area contributed by atoms with Gasteiger partial charge in [-0.15, -0.1) is 0 Å². The van der Waals surface area contributed by atoms with Crippen LogP contribution in [-0.4, -0.2) is 34.0 Å². The fourth-order valence-corrected chi connectivity index (χ4v) is 5.10. The Morgan fingerprint density at radius 1 is 1.17 bits per heavy atom. The van der Waals surface area contributed by atoms with Crippen molar-refractivity contribution in [1.82, 2.24) is 0 Å². The zero-order chi connectivity index (χ0) is 21.6. The number of carbonyl (C=O) groups excluding carboxylic acids is 5. The van der Waals surface area contributed by atoms with Crippen LogP contribution in [0.25, 0.3) is 0 Å². The average molecular weight is 398 g/mol. The molecule has 0 radical (unpaired) electrons. The summed E-state index contributed by atoms with van der Waals surface area (Å²) < 4.78 is 0. The van der Waals surface area contributed by atoms with Crippen molar-refractivity contribution in [2.24, 2.45) is 23.7 Å². The maximum atomic E-state index is 13.3. The lowest BCUT2D eigenvalue weighted by Gasteiger charge is -2.42. The molecule has 0 bridgehead atoms. The molecule has 0 aliphatic heterocycles. The number of rotatable bonds is 5. The molecule has 1 N–H and O–H groups in total. The van der Waals surface area contributed by atoms with Crippen LogP contribution in [0.15, 0.2) is 6.07 Å². The highest BCUT2D eigenvalue weighted by atomic mass is 16.3. The predicted octanol–water partition coefficient (Wildman–Crippen LogP) is 3.04. The molecule has 6 nitrogen and oxygen atoms in total. The van der Waals surface area contributed by atoms with Gasteiger partial charge in [-0.05, 0) is 62.6 Å². The number of carbonyl (C=O) groups is 5. The summed E-state index contributed by atoms with van der Waals surface area (Å²) in [4.78, 5) is 62.8. The Hall–Kier alpha value is -2.63. The van der Waals surface area contributed by atoms with Crippen molar-refractivity contribution in [3.05, 3.63) is 28.3 Å². The summed E-state index contributed by atoms with van der Waals surface area (Å²) >= 11 is 0. The molecule has 4 atom stereocenters. The average Bonchev–Trinajstić information content (AvgIpc) is 2.62. The minimum absolute atomic E-state index is 0.0394. The number of ketones is 5. The number of fused-ring (bicyclic) bond motifs is 2. The molecule has 1 saturated carbocycles. The van der Waals surface area contributed by atoms with Crippen LogP contribution in [-0.2, 0) is 20.8 Å². The van der Waals surface area contributed by atoms with E-state index in [-0.39, 0.29) is 41.1 Å². The van der Waals surface area contributed by atoms with Gasteiger partial charge in [0.05, 0.1) is 23.8 Å². The summed E-state index contributed by atoms with van der Waals surface area (Å²) in [7, 11) is 0. The number of aryl methyl sites for hydroxylation is 1. The Balaban J connectivity index is 2.10. The number of phenols is 1. The number of hydrogen-bond acceptors (Lipinski definition) is 6. The monoisotopic (exact) mass is 398 g/mol. The smallest absolute Gasteiger partial charge is 0.177 e. The zero-order valence-corrected chi connectivity index (χ0v) is 17.2. The van der Waals surface area contributed by atoms with E-state index < -0.39 is 29.2 Å². The number of benzene rings is 1. The van der Waals surface area contributed by atoms with E-state index in [4.69, 9.17) is 0 Å².